The Hall–Kier alpha value is -1.13. The maximum Gasteiger partial charge on any atom is 0.225 e. The van der Waals surface area contributed by atoms with Crippen molar-refractivity contribution in [2.75, 3.05) is 11.9 Å². The third-order valence-electron chi connectivity index (χ3n) is 2.54. The predicted octanol–water partition coefficient (Wildman–Crippen LogP) is 4.29. The van der Waals surface area contributed by atoms with E-state index in [4.69, 9.17) is 11.6 Å². The number of allylic oxidation sites excluding steroid dienone is 1. The first-order valence-corrected chi connectivity index (χ1v) is 7.12. The summed E-state index contributed by atoms with van der Waals surface area (Å²) in [4.78, 5) is 10.8. The Kier molecular flexibility index (Phi) is 4.19. The van der Waals surface area contributed by atoms with Crippen LogP contribution in [-0.2, 0) is 6.42 Å². The number of anilines is 1. The fourth-order valence-electron chi connectivity index (χ4n) is 1.61. The van der Waals surface area contributed by atoms with Gasteiger partial charge in [-0.05, 0) is 37.9 Å². The van der Waals surface area contributed by atoms with Crippen LogP contribution in [0.5, 0.6) is 0 Å². The molecule has 0 saturated heterocycles. The van der Waals surface area contributed by atoms with E-state index in [9.17, 15) is 0 Å². The van der Waals surface area contributed by atoms with Crippen LogP contribution in [0.15, 0.2) is 17.7 Å². The first-order chi connectivity index (χ1) is 8.60. The van der Waals surface area contributed by atoms with Gasteiger partial charge in [0, 0.05) is 11.4 Å². The highest BCUT2D eigenvalue weighted by Gasteiger charge is 2.09. The van der Waals surface area contributed by atoms with Crippen molar-refractivity contribution >= 4 is 39.0 Å². The molecule has 0 atom stereocenters. The number of hydrogen-bond donors (Lipinski definition) is 1. The number of aryl methyl sites for hydroxylation is 1. The topological polar surface area (TPSA) is 37.8 Å². The summed E-state index contributed by atoms with van der Waals surface area (Å²) in [6.45, 7) is 7.03. The van der Waals surface area contributed by atoms with Crippen LogP contribution < -0.4 is 5.32 Å². The summed E-state index contributed by atoms with van der Waals surface area (Å²) in [6.07, 6.45) is 3.13. The van der Waals surface area contributed by atoms with Crippen molar-refractivity contribution in [3.8, 4) is 0 Å². The lowest BCUT2D eigenvalue weighted by Crippen LogP contribution is -2.02. The molecule has 0 fully saturated rings. The average molecular weight is 282 g/mol. The zero-order valence-corrected chi connectivity index (χ0v) is 12.3. The molecule has 5 heteroatoms. The summed E-state index contributed by atoms with van der Waals surface area (Å²) in [6, 6.07) is 2.14. The molecule has 2 heterocycles. The maximum atomic E-state index is 5.95. The van der Waals surface area contributed by atoms with Crippen LogP contribution in [0.25, 0.3) is 10.2 Å². The first kappa shape index (κ1) is 13.3. The molecule has 2 rings (SSSR count). The Labute approximate surface area is 116 Å². The fourth-order valence-corrected chi connectivity index (χ4v) is 2.79. The molecule has 0 radical (unpaired) electrons. The van der Waals surface area contributed by atoms with Gasteiger partial charge < -0.3 is 5.32 Å². The van der Waals surface area contributed by atoms with Crippen LogP contribution in [-0.4, -0.2) is 16.5 Å². The summed E-state index contributed by atoms with van der Waals surface area (Å²) in [5, 5.41) is 4.65. The van der Waals surface area contributed by atoms with Crippen LogP contribution in [0.2, 0.25) is 5.28 Å². The van der Waals surface area contributed by atoms with Gasteiger partial charge >= 0.3 is 0 Å². The van der Waals surface area contributed by atoms with E-state index < -0.39 is 0 Å². The molecule has 0 bridgehead atoms. The smallest absolute Gasteiger partial charge is 0.225 e. The summed E-state index contributed by atoms with van der Waals surface area (Å²) in [5.41, 5.74) is 1.28. The number of halogens is 1. The molecule has 0 unspecified atom stereocenters. The molecule has 0 saturated carbocycles. The number of fused-ring (bicyclic) bond motifs is 1. The van der Waals surface area contributed by atoms with Crippen LogP contribution in [0, 0.1) is 0 Å². The molecule has 96 valence electrons. The SMILES string of the molecule is CCc1cc2c(NCC=C(C)C)nc(Cl)nc2s1. The summed E-state index contributed by atoms with van der Waals surface area (Å²) in [7, 11) is 0. The molecule has 2 aromatic rings. The normalized spacial score (nSPS) is 10.7. The van der Waals surface area contributed by atoms with E-state index in [1.54, 1.807) is 11.3 Å². The molecule has 0 aliphatic rings. The maximum absolute atomic E-state index is 5.95. The summed E-state index contributed by atoms with van der Waals surface area (Å²) < 4.78 is 0. The van der Waals surface area contributed by atoms with Crippen LogP contribution >= 0.6 is 22.9 Å². The molecule has 0 aliphatic heterocycles. The van der Waals surface area contributed by atoms with E-state index in [0.717, 1.165) is 29.0 Å². The minimum atomic E-state index is 0.298. The van der Waals surface area contributed by atoms with E-state index in [1.807, 2.05) is 0 Å². The number of aromatic nitrogens is 2. The quantitative estimate of drug-likeness (QED) is 0.671. The highest BCUT2D eigenvalue weighted by molar-refractivity contribution is 7.18. The van der Waals surface area contributed by atoms with Gasteiger partial charge in [-0.2, -0.15) is 0 Å². The van der Waals surface area contributed by atoms with Gasteiger partial charge in [-0.1, -0.05) is 18.6 Å². The monoisotopic (exact) mass is 281 g/mol. The van der Waals surface area contributed by atoms with Crippen molar-refractivity contribution in [2.24, 2.45) is 0 Å². The predicted molar refractivity (Wildman–Crippen MR) is 79.7 cm³/mol. The largest absolute Gasteiger partial charge is 0.366 e. The summed E-state index contributed by atoms with van der Waals surface area (Å²) in [5.74, 6) is 0.818. The lowest BCUT2D eigenvalue weighted by Gasteiger charge is -2.04. The van der Waals surface area contributed by atoms with Crippen molar-refractivity contribution in [1.29, 1.82) is 0 Å². The number of thiophene rings is 1. The van der Waals surface area contributed by atoms with Crippen molar-refractivity contribution in [2.45, 2.75) is 27.2 Å². The lowest BCUT2D eigenvalue weighted by atomic mass is 10.3. The van der Waals surface area contributed by atoms with Crippen molar-refractivity contribution in [3.63, 3.8) is 0 Å². The second kappa shape index (κ2) is 5.67. The minimum absolute atomic E-state index is 0.298. The molecule has 0 aromatic carbocycles. The van der Waals surface area contributed by atoms with Crippen LogP contribution in [0.3, 0.4) is 0 Å². The number of hydrogen-bond acceptors (Lipinski definition) is 4. The zero-order valence-electron chi connectivity index (χ0n) is 10.7. The van der Waals surface area contributed by atoms with Gasteiger partial charge in [-0.3, -0.25) is 0 Å². The number of rotatable bonds is 4. The van der Waals surface area contributed by atoms with Gasteiger partial charge in [0.1, 0.15) is 10.6 Å². The fraction of sp³-hybridized carbons (Fsp3) is 0.385. The Bertz CT molecular complexity index is 585. The second-order valence-electron chi connectivity index (χ2n) is 4.29. The van der Waals surface area contributed by atoms with E-state index in [2.05, 4.69) is 48.2 Å². The third kappa shape index (κ3) is 3.00. The van der Waals surface area contributed by atoms with E-state index in [1.165, 1.54) is 10.5 Å². The summed E-state index contributed by atoms with van der Waals surface area (Å²) >= 11 is 7.62. The molecule has 0 amide bonds. The van der Waals surface area contributed by atoms with Gasteiger partial charge in [0.05, 0.1) is 5.39 Å². The van der Waals surface area contributed by atoms with Crippen LogP contribution in [0.4, 0.5) is 5.82 Å². The van der Waals surface area contributed by atoms with Gasteiger partial charge in [0.25, 0.3) is 0 Å². The van der Waals surface area contributed by atoms with Gasteiger partial charge in [-0.15, -0.1) is 11.3 Å². The van der Waals surface area contributed by atoms with E-state index in [0.29, 0.717) is 5.28 Å². The highest BCUT2D eigenvalue weighted by atomic mass is 35.5. The molecule has 0 spiro atoms. The molecular formula is C13H16ClN3S. The van der Waals surface area contributed by atoms with Gasteiger partial charge in [-0.25, -0.2) is 9.97 Å². The van der Waals surface area contributed by atoms with Crippen LogP contribution in [0.1, 0.15) is 25.6 Å². The Morgan fingerprint density at radius 3 is 2.89 bits per heavy atom. The van der Waals surface area contributed by atoms with Gasteiger partial charge in [0.15, 0.2) is 0 Å². The first-order valence-electron chi connectivity index (χ1n) is 5.93. The van der Waals surface area contributed by atoms with Gasteiger partial charge in [0.2, 0.25) is 5.28 Å². The van der Waals surface area contributed by atoms with E-state index in [-0.39, 0.29) is 0 Å². The lowest BCUT2D eigenvalue weighted by molar-refractivity contribution is 1.17. The Balaban J connectivity index is 2.35. The molecule has 18 heavy (non-hydrogen) atoms. The minimum Gasteiger partial charge on any atom is -0.366 e. The van der Waals surface area contributed by atoms with Crippen molar-refractivity contribution < 1.29 is 0 Å². The Morgan fingerprint density at radius 1 is 1.44 bits per heavy atom. The standard InChI is InChI=1S/C13H16ClN3S/c1-4-9-7-10-11(15-6-5-8(2)3)16-13(14)17-12(10)18-9/h5,7H,4,6H2,1-3H3,(H,15,16,17). The zero-order chi connectivity index (χ0) is 13.1. The number of nitrogens with zero attached hydrogens (tertiary/aromatic N) is 2. The Morgan fingerprint density at radius 2 is 2.22 bits per heavy atom. The average Bonchev–Trinajstić information content (AvgIpc) is 2.71. The molecule has 2 aromatic heterocycles. The van der Waals surface area contributed by atoms with E-state index >= 15 is 0 Å². The highest BCUT2D eigenvalue weighted by Crippen LogP contribution is 2.30. The van der Waals surface area contributed by atoms with Crippen molar-refractivity contribution in [1.82, 2.24) is 9.97 Å². The van der Waals surface area contributed by atoms with Crippen molar-refractivity contribution in [3.05, 3.63) is 27.9 Å². The molecule has 3 nitrogen and oxygen atoms in total. The second-order valence-corrected chi connectivity index (χ2v) is 5.74. The molecule has 1 N–H and O–H groups in total. The molecular weight excluding hydrogens is 266 g/mol. The molecule has 0 aliphatic carbocycles. The third-order valence-corrected chi connectivity index (χ3v) is 3.89. The number of nitrogens with one attached hydrogen (secondary N) is 1.